The lowest BCUT2D eigenvalue weighted by molar-refractivity contribution is 0.0125. The zero-order valence-electron chi connectivity index (χ0n) is 17.4. The van der Waals surface area contributed by atoms with E-state index >= 15 is 0 Å². The number of hydrogen-bond acceptors (Lipinski definition) is 6. The van der Waals surface area contributed by atoms with Gasteiger partial charge in [-0.1, -0.05) is 25.4 Å². The Morgan fingerprint density at radius 1 is 1.45 bits per heavy atom. The van der Waals surface area contributed by atoms with Crippen molar-refractivity contribution < 1.29 is 13.9 Å². The SMILES string of the molecule is CC(C)Cc1nc(Cl)c2cnc(N[C@H]3CCN(C(=O)OC(C)(C)C)C[C@H]3F)nn12. The third kappa shape index (κ3) is 5.26. The minimum absolute atomic E-state index is 0.0374. The maximum Gasteiger partial charge on any atom is 0.410 e. The first-order chi connectivity index (χ1) is 13.5. The molecule has 3 heterocycles. The van der Waals surface area contributed by atoms with Gasteiger partial charge in [-0.05, 0) is 33.1 Å². The Balaban J connectivity index is 1.69. The molecule has 8 nitrogen and oxygen atoms in total. The molecule has 1 N–H and O–H groups in total. The Bertz CT molecular complexity index is 881. The summed E-state index contributed by atoms with van der Waals surface area (Å²) in [5.74, 6) is 1.42. The molecule has 0 saturated carbocycles. The van der Waals surface area contributed by atoms with Crippen molar-refractivity contribution in [2.45, 2.75) is 65.3 Å². The highest BCUT2D eigenvalue weighted by Gasteiger charge is 2.34. The fourth-order valence-corrected chi connectivity index (χ4v) is 3.42. The number of hydrogen-bond donors (Lipinski definition) is 1. The molecule has 2 aromatic heterocycles. The number of nitrogens with one attached hydrogen (secondary N) is 1. The van der Waals surface area contributed by atoms with Gasteiger partial charge in [0, 0.05) is 13.0 Å². The molecule has 160 valence electrons. The molecule has 1 amide bonds. The van der Waals surface area contributed by atoms with E-state index in [1.807, 2.05) is 0 Å². The lowest BCUT2D eigenvalue weighted by Gasteiger charge is -2.35. The number of imidazole rings is 1. The summed E-state index contributed by atoms with van der Waals surface area (Å²) in [4.78, 5) is 22.2. The summed E-state index contributed by atoms with van der Waals surface area (Å²) in [5.41, 5.74) is 0.00509. The summed E-state index contributed by atoms with van der Waals surface area (Å²) in [6.07, 6.45) is 0.951. The van der Waals surface area contributed by atoms with Crippen molar-refractivity contribution in [3.8, 4) is 0 Å². The number of carbonyl (C=O) groups is 1. The van der Waals surface area contributed by atoms with Gasteiger partial charge in [0.25, 0.3) is 0 Å². The number of nitrogens with zero attached hydrogens (tertiary/aromatic N) is 5. The van der Waals surface area contributed by atoms with Gasteiger partial charge in [-0.15, -0.1) is 5.10 Å². The summed E-state index contributed by atoms with van der Waals surface area (Å²) in [5, 5.41) is 7.86. The van der Waals surface area contributed by atoms with Gasteiger partial charge in [0.2, 0.25) is 5.95 Å². The normalized spacial score (nSPS) is 20.3. The Labute approximate surface area is 174 Å². The summed E-state index contributed by atoms with van der Waals surface area (Å²) >= 11 is 6.18. The van der Waals surface area contributed by atoms with Crippen molar-refractivity contribution in [2.75, 3.05) is 18.4 Å². The monoisotopic (exact) mass is 426 g/mol. The van der Waals surface area contributed by atoms with E-state index in [-0.39, 0.29) is 6.54 Å². The Morgan fingerprint density at radius 2 is 2.17 bits per heavy atom. The van der Waals surface area contributed by atoms with Crippen LogP contribution in [0.25, 0.3) is 5.52 Å². The number of aromatic nitrogens is 4. The number of rotatable bonds is 4. The molecule has 29 heavy (non-hydrogen) atoms. The van der Waals surface area contributed by atoms with Crippen molar-refractivity contribution in [2.24, 2.45) is 5.92 Å². The van der Waals surface area contributed by atoms with Crippen molar-refractivity contribution in [3.05, 3.63) is 17.2 Å². The van der Waals surface area contributed by atoms with E-state index in [4.69, 9.17) is 16.3 Å². The highest BCUT2D eigenvalue weighted by molar-refractivity contribution is 6.32. The van der Waals surface area contributed by atoms with Crippen LogP contribution in [0.1, 0.15) is 46.9 Å². The van der Waals surface area contributed by atoms with Gasteiger partial charge in [0.05, 0.1) is 18.8 Å². The molecular weight excluding hydrogens is 399 g/mol. The number of alkyl halides is 1. The largest absolute Gasteiger partial charge is 0.444 e. The molecule has 0 aromatic carbocycles. The number of carbonyl (C=O) groups excluding carboxylic acids is 1. The maximum absolute atomic E-state index is 14.7. The van der Waals surface area contributed by atoms with Crippen LogP contribution in [0.4, 0.5) is 15.1 Å². The quantitative estimate of drug-likeness (QED) is 0.801. The first-order valence-corrected chi connectivity index (χ1v) is 10.2. The van der Waals surface area contributed by atoms with Gasteiger partial charge >= 0.3 is 6.09 Å². The van der Waals surface area contributed by atoms with Crippen LogP contribution in [0.3, 0.4) is 0 Å². The number of anilines is 1. The van der Waals surface area contributed by atoms with E-state index in [9.17, 15) is 9.18 Å². The Kier molecular flexibility index (Phi) is 6.16. The molecule has 0 radical (unpaired) electrons. The predicted octanol–water partition coefficient (Wildman–Crippen LogP) is 3.74. The average molecular weight is 427 g/mol. The molecule has 2 aromatic rings. The van der Waals surface area contributed by atoms with E-state index in [0.29, 0.717) is 41.9 Å². The van der Waals surface area contributed by atoms with Gasteiger partial charge in [0.1, 0.15) is 23.1 Å². The molecule has 1 fully saturated rings. The third-order valence-electron chi connectivity index (χ3n) is 4.51. The van der Waals surface area contributed by atoms with Crippen LogP contribution < -0.4 is 5.32 Å². The minimum Gasteiger partial charge on any atom is -0.444 e. The van der Waals surface area contributed by atoms with Crippen LogP contribution in [0.15, 0.2) is 6.20 Å². The average Bonchev–Trinajstić information content (AvgIpc) is 2.90. The predicted molar refractivity (Wildman–Crippen MR) is 109 cm³/mol. The summed E-state index contributed by atoms with van der Waals surface area (Å²) in [7, 11) is 0. The summed E-state index contributed by atoms with van der Waals surface area (Å²) in [6.45, 7) is 9.89. The van der Waals surface area contributed by atoms with Gasteiger partial charge in [-0.2, -0.15) is 0 Å². The second kappa shape index (κ2) is 8.30. The van der Waals surface area contributed by atoms with Gasteiger partial charge < -0.3 is 15.0 Å². The fraction of sp³-hybridized carbons (Fsp3) is 0.684. The van der Waals surface area contributed by atoms with E-state index in [0.717, 1.165) is 5.82 Å². The number of ether oxygens (including phenoxy) is 1. The van der Waals surface area contributed by atoms with Crippen LogP contribution in [0.5, 0.6) is 0 Å². The molecule has 3 rings (SSSR count). The highest BCUT2D eigenvalue weighted by Crippen LogP contribution is 2.22. The molecule has 10 heteroatoms. The van der Waals surface area contributed by atoms with Crippen molar-refractivity contribution in [3.63, 3.8) is 0 Å². The summed E-state index contributed by atoms with van der Waals surface area (Å²) < 4.78 is 21.7. The molecule has 1 aliphatic rings. The molecule has 1 aliphatic heterocycles. The maximum atomic E-state index is 14.7. The van der Waals surface area contributed by atoms with Crippen LogP contribution >= 0.6 is 11.6 Å². The lowest BCUT2D eigenvalue weighted by atomic mass is 10.0. The number of halogens is 2. The first-order valence-electron chi connectivity index (χ1n) is 9.82. The Morgan fingerprint density at radius 3 is 2.79 bits per heavy atom. The van der Waals surface area contributed by atoms with Crippen LogP contribution in [0.2, 0.25) is 5.15 Å². The second-order valence-corrected chi connectivity index (χ2v) is 9.14. The first kappa shape index (κ1) is 21.5. The zero-order chi connectivity index (χ0) is 21.3. The molecule has 0 spiro atoms. The molecule has 1 saturated heterocycles. The molecule has 0 bridgehead atoms. The van der Waals surface area contributed by atoms with Crippen molar-refractivity contribution >= 4 is 29.2 Å². The molecular formula is C19H28ClFN6O2. The molecule has 2 atom stereocenters. The summed E-state index contributed by atoms with van der Waals surface area (Å²) in [6, 6.07) is -0.501. The van der Waals surface area contributed by atoms with Crippen molar-refractivity contribution in [1.29, 1.82) is 0 Å². The number of amides is 1. The Hall–Kier alpha value is -2.16. The lowest BCUT2D eigenvalue weighted by Crippen LogP contribution is -2.51. The van der Waals surface area contributed by atoms with E-state index in [2.05, 4.69) is 34.2 Å². The van der Waals surface area contributed by atoms with Gasteiger partial charge in [-0.3, -0.25) is 0 Å². The van der Waals surface area contributed by atoms with Gasteiger partial charge in [0.15, 0.2) is 5.15 Å². The zero-order valence-corrected chi connectivity index (χ0v) is 18.2. The smallest absolute Gasteiger partial charge is 0.410 e. The molecule has 0 unspecified atom stereocenters. The van der Waals surface area contributed by atoms with Gasteiger partial charge in [-0.25, -0.2) is 23.7 Å². The topological polar surface area (TPSA) is 84.7 Å². The minimum atomic E-state index is -1.27. The van der Waals surface area contributed by atoms with Crippen LogP contribution in [-0.2, 0) is 11.2 Å². The highest BCUT2D eigenvalue weighted by atomic mass is 35.5. The number of piperidine rings is 1. The third-order valence-corrected chi connectivity index (χ3v) is 4.79. The fourth-order valence-electron chi connectivity index (χ4n) is 3.20. The van der Waals surface area contributed by atoms with E-state index in [1.54, 1.807) is 31.5 Å². The number of fused-ring (bicyclic) bond motifs is 1. The van der Waals surface area contributed by atoms with E-state index in [1.165, 1.54) is 4.90 Å². The van der Waals surface area contributed by atoms with Crippen LogP contribution in [-0.4, -0.2) is 61.5 Å². The van der Waals surface area contributed by atoms with Crippen molar-refractivity contribution in [1.82, 2.24) is 24.5 Å². The van der Waals surface area contributed by atoms with Crippen LogP contribution in [0, 0.1) is 5.92 Å². The number of likely N-dealkylation sites (tertiary alicyclic amines) is 1. The second-order valence-electron chi connectivity index (χ2n) is 8.78. The van der Waals surface area contributed by atoms with E-state index < -0.39 is 23.9 Å². The standard InChI is InChI=1S/C19H28ClFN6O2/c1-11(2)8-15-24-16(20)14-9-22-17(25-27(14)15)23-13-6-7-26(10-12(13)21)18(28)29-19(3,4)5/h9,11-13H,6-8,10H2,1-5H3,(H,23,25)/t12-,13+/m1/s1. The molecule has 0 aliphatic carbocycles.